The van der Waals surface area contributed by atoms with E-state index in [0.29, 0.717) is 12.5 Å². The molecular formula is C22H25N5O. The average Bonchev–Trinajstić information content (AvgIpc) is 3.22. The number of benzene rings is 2. The second-order valence-electron chi connectivity index (χ2n) is 6.93. The maximum atomic E-state index is 6.13. The van der Waals surface area contributed by atoms with Crippen molar-refractivity contribution < 1.29 is 4.74 Å². The fourth-order valence-corrected chi connectivity index (χ4v) is 3.57. The number of methoxy groups -OCH3 is 1. The van der Waals surface area contributed by atoms with Crippen molar-refractivity contribution in [1.82, 2.24) is 9.78 Å². The Hall–Kier alpha value is -3.28. The number of aliphatic imine (C=N–C) groups is 1. The Labute approximate surface area is 165 Å². The van der Waals surface area contributed by atoms with Gasteiger partial charge in [0.05, 0.1) is 25.0 Å². The molecule has 0 amide bonds. The smallest absolute Gasteiger partial charge is 0.193 e. The molecule has 2 aromatic carbocycles. The van der Waals surface area contributed by atoms with Crippen LogP contribution in [0.3, 0.4) is 0 Å². The second kappa shape index (κ2) is 8.17. The fourth-order valence-electron chi connectivity index (χ4n) is 3.57. The molecule has 6 nitrogen and oxygen atoms in total. The Morgan fingerprint density at radius 1 is 1.14 bits per heavy atom. The number of guanidine groups is 1. The average molecular weight is 375 g/mol. The second-order valence-corrected chi connectivity index (χ2v) is 6.93. The van der Waals surface area contributed by atoms with Crippen LogP contribution in [0.5, 0.6) is 5.75 Å². The number of fused-ring (bicyclic) bond motifs is 1. The van der Waals surface area contributed by atoms with E-state index in [2.05, 4.69) is 33.6 Å². The Kier molecular flexibility index (Phi) is 5.28. The molecule has 1 aromatic heterocycles. The number of anilines is 1. The lowest BCUT2D eigenvalue weighted by molar-refractivity contribution is 0.414. The molecule has 0 atom stereocenters. The number of nitrogens with one attached hydrogen (secondary N) is 1. The van der Waals surface area contributed by atoms with Gasteiger partial charge in [0, 0.05) is 11.9 Å². The molecular weight excluding hydrogens is 350 g/mol. The molecule has 0 bridgehead atoms. The first kappa shape index (κ1) is 18.1. The molecule has 144 valence electrons. The lowest BCUT2D eigenvalue weighted by Gasteiger charge is -2.19. The van der Waals surface area contributed by atoms with Crippen LogP contribution in [0.4, 0.5) is 5.69 Å². The van der Waals surface area contributed by atoms with Crippen molar-refractivity contribution in [2.45, 2.75) is 32.2 Å². The Balaban J connectivity index is 1.42. The highest BCUT2D eigenvalue weighted by Gasteiger charge is 2.13. The summed E-state index contributed by atoms with van der Waals surface area (Å²) in [6.45, 7) is 0.428. The zero-order chi connectivity index (χ0) is 19.3. The Bertz CT molecular complexity index is 975. The number of aromatic nitrogens is 2. The van der Waals surface area contributed by atoms with Crippen molar-refractivity contribution in [3.05, 3.63) is 71.5 Å². The number of nitrogens with zero attached hydrogens (tertiary/aromatic N) is 3. The zero-order valence-electron chi connectivity index (χ0n) is 16.1. The summed E-state index contributed by atoms with van der Waals surface area (Å²) in [5.74, 6) is 1.24. The summed E-state index contributed by atoms with van der Waals surface area (Å²) in [6, 6.07) is 16.1. The number of aryl methyl sites for hydroxylation is 1. The van der Waals surface area contributed by atoms with E-state index < -0.39 is 0 Å². The first-order chi connectivity index (χ1) is 13.7. The maximum Gasteiger partial charge on any atom is 0.193 e. The highest BCUT2D eigenvalue weighted by atomic mass is 16.5. The van der Waals surface area contributed by atoms with Gasteiger partial charge >= 0.3 is 0 Å². The van der Waals surface area contributed by atoms with Gasteiger partial charge in [-0.1, -0.05) is 12.1 Å². The Morgan fingerprint density at radius 2 is 1.96 bits per heavy atom. The quantitative estimate of drug-likeness (QED) is 0.527. The van der Waals surface area contributed by atoms with Crippen molar-refractivity contribution >= 4 is 11.6 Å². The van der Waals surface area contributed by atoms with Gasteiger partial charge in [0.2, 0.25) is 0 Å². The number of rotatable bonds is 5. The summed E-state index contributed by atoms with van der Waals surface area (Å²) in [4.78, 5) is 4.46. The van der Waals surface area contributed by atoms with Gasteiger partial charge in [-0.2, -0.15) is 5.10 Å². The predicted molar refractivity (Wildman–Crippen MR) is 112 cm³/mol. The Morgan fingerprint density at radius 3 is 2.79 bits per heavy atom. The zero-order valence-corrected chi connectivity index (χ0v) is 16.1. The van der Waals surface area contributed by atoms with Crippen molar-refractivity contribution in [3.8, 4) is 11.4 Å². The van der Waals surface area contributed by atoms with Crippen LogP contribution in [0.1, 0.15) is 29.7 Å². The van der Waals surface area contributed by atoms with Crippen LogP contribution in [0.15, 0.2) is 59.7 Å². The van der Waals surface area contributed by atoms with E-state index in [1.165, 1.54) is 24.0 Å². The third kappa shape index (κ3) is 4.01. The van der Waals surface area contributed by atoms with Gasteiger partial charge < -0.3 is 15.8 Å². The molecule has 4 rings (SSSR count). The van der Waals surface area contributed by atoms with E-state index in [-0.39, 0.29) is 0 Å². The van der Waals surface area contributed by atoms with E-state index in [0.717, 1.165) is 35.7 Å². The SMILES string of the molecule is COc1ccc(-n2ccc(CN=C(N)Nc3cccc4c3CCCC4)n2)cc1. The van der Waals surface area contributed by atoms with Crippen molar-refractivity contribution in [2.24, 2.45) is 10.7 Å². The molecule has 0 fully saturated rings. The molecule has 28 heavy (non-hydrogen) atoms. The summed E-state index contributed by atoms with van der Waals surface area (Å²) >= 11 is 0. The van der Waals surface area contributed by atoms with Crippen molar-refractivity contribution in [3.63, 3.8) is 0 Å². The predicted octanol–water partition coefficient (Wildman–Crippen LogP) is 3.69. The van der Waals surface area contributed by atoms with E-state index in [4.69, 9.17) is 10.5 Å². The lowest BCUT2D eigenvalue weighted by atomic mass is 9.90. The highest BCUT2D eigenvalue weighted by Crippen LogP contribution is 2.27. The molecule has 0 saturated heterocycles. The first-order valence-corrected chi connectivity index (χ1v) is 9.59. The minimum absolute atomic E-state index is 0.415. The molecule has 0 saturated carbocycles. The monoisotopic (exact) mass is 375 g/mol. The molecule has 0 aliphatic heterocycles. The number of nitrogens with two attached hydrogens (primary N) is 1. The summed E-state index contributed by atoms with van der Waals surface area (Å²) in [6.07, 6.45) is 6.65. The van der Waals surface area contributed by atoms with Gasteiger partial charge in [-0.05, 0) is 73.2 Å². The van der Waals surface area contributed by atoms with E-state index in [1.807, 2.05) is 41.2 Å². The summed E-state index contributed by atoms with van der Waals surface area (Å²) in [5.41, 5.74) is 11.8. The minimum atomic E-state index is 0.415. The molecule has 0 unspecified atom stereocenters. The summed E-state index contributed by atoms with van der Waals surface area (Å²) in [7, 11) is 1.66. The normalized spacial score (nSPS) is 13.8. The van der Waals surface area contributed by atoms with Crippen molar-refractivity contribution in [2.75, 3.05) is 12.4 Å². The highest BCUT2D eigenvalue weighted by molar-refractivity contribution is 5.93. The van der Waals surface area contributed by atoms with E-state index >= 15 is 0 Å². The molecule has 0 radical (unpaired) electrons. The van der Waals surface area contributed by atoms with E-state index in [1.54, 1.807) is 7.11 Å². The molecule has 6 heteroatoms. The molecule has 3 N–H and O–H groups in total. The van der Waals surface area contributed by atoms with Gasteiger partial charge in [0.1, 0.15) is 5.75 Å². The number of hydrogen-bond acceptors (Lipinski definition) is 3. The van der Waals surface area contributed by atoms with Crippen molar-refractivity contribution in [1.29, 1.82) is 0 Å². The lowest BCUT2D eigenvalue weighted by Crippen LogP contribution is -2.24. The van der Waals surface area contributed by atoms with Crippen LogP contribution in [-0.4, -0.2) is 22.8 Å². The summed E-state index contributed by atoms with van der Waals surface area (Å²) in [5, 5.41) is 7.84. The third-order valence-corrected chi connectivity index (χ3v) is 5.05. The largest absolute Gasteiger partial charge is 0.497 e. The van der Waals surface area contributed by atoms with Gasteiger partial charge in [-0.25, -0.2) is 9.67 Å². The molecule has 3 aromatic rings. The third-order valence-electron chi connectivity index (χ3n) is 5.05. The van der Waals surface area contributed by atoms with Gasteiger partial charge in [-0.3, -0.25) is 0 Å². The molecule has 1 heterocycles. The van der Waals surface area contributed by atoms with E-state index in [9.17, 15) is 0 Å². The van der Waals surface area contributed by atoms with Gasteiger partial charge in [0.25, 0.3) is 0 Å². The first-order valence-electron chi connectivity index (χ1n) is 9.59. The summed E-state index contributed by atoms with van der Waals surface area (Å²) < 4.78 is 7.01. The molecule has 1 aliphatic rings. The van der Waals surface area contributed by atoms with Crippen LogP contribution in [0.25, 0.3) is 5.69 Å². The molecule has 0 spiro atoms. The van der Waals surface area contributed by atoms with Crippen LogP contribution in [0, 0.1) is 0 Å². The van der Waals surface area contributed by atoms with Crippen LogP contribution in [0.2, 0.25) is 0 Å². The topological polar surface area (TPSA) is 77.5 Å². The van der Waals surface area contributed by atoms with Crippen LogP contribution >= 0.6 is 0 Å². The molecule has 1 aliphatic carbocycles. The number of ether oxygens (including phenoxy) is 1. The fraction of sp³-hybridized carbons (Fsp3) is 0.273. The van der Waals surface area contributed by atoms with Gasteiger partial charge in [-0.15, -0.1) is 0 Å². The van der Waals surface area contributed by atoms with Crippen LogP contribution < -0.4 is 15.8 Å². The van der Waals surface area contributed by atoms with Crippen LogP contribution in [-0.2, 0) is 19.4 Å². The minimum Gasteiger partial charge on any atom is -0.497 e. The number of hydrogen-bond donors (Lipinski definition) is 2. The van der Waals surface area contributed by atoms with Gasteiger partial charge in [0.15, 0.2) is 5.96 Å². The standard InChI is InChI=1S/C22H25N5O/c1-28-19-11-9-18(10-12-19)27-14-13-17(26-27)15-24-22(23)25-21-8-4-6-16-5-2-3-7-20(16)21/h4,6,8-14H,2-3,5,7,15H2,1H3,(H3,23,24,25). The maximum absolute atomic E-state index is 6.13.